The van der Waals surface area contributed by atoms with Gasteiger partial charge < -0.3 is 9.47 Å². The third-order valence-electron chi connectivity index (χ3n) is 1.83. The molecule has 72 valence electrons. The van der Waals surface area contributed by atoms with E-state index in [9.17, 15) is 0 Å². The maximum atomic E-state index is 5.34. The standard InChI is InChI=1S/C9H14N2O2/c1-12-8-4-3-7(6-11-10)9(5-8)13-2/h3-5,11H,6,10H2,1-2H3/p+1. The van der Waals surface area contributed by atoms with Crippen molar-refractivity contribution in [1.29, 1.82) is 0 Å². The van der Waals surface area contributed by atoms with Gasteiger partial charge in [0.2, 0.25) is 0 Å². The molecule has 4 heteroatoms. The van der Waals surface area contributed by atoms with E-state index in [4.69, 9.17) is 15.3 Å². The van der Waals surface area contributed by atoms with Crippen LogP contribution in [0, 0.1) is 0 Å². The Labute approximate surface area is 77.6 Å². The van der Waals surface area contributed by atoms with Gasteiger partial charge in [0, 0.05) is 6.07 Å². The van der Waals surface area contributed by atoms with Crippen molar-refractivity contribution in [1.82, 2.24) is 0 Å². The Morgan fingerprint density at radius 3 is 2.62 bits per heavy atom. The lowest BCUT2D eigenvalue weighted by Crippen LogP contribution is -2.89. The summed E-state index contributed by atoms with van der Waals surface area (Å²) >= 11 is 0. The number of hydrogen-bond donors (Lipinski definition) is 2. The molecule has 13 heavy (non-hydrogen) atoms. The van der Waals surface area contributed by atoms with Crippen molar-refractivity contribution in [3.05, 3.63) is 23.8 Å². The van der Waals surface area contributed by atoms with Crippen LogP contribution in [0.1, 0.15) is 5.56 Å². The predicted octanol–water partition coefficient (Wildman–Crippen LogP) is -0.359. The summed E-state index contributed by atoms with van der Waals surface area (Å²) in [6.45, 7) is 0.702. The first-order chi connectivity index (χ1) is 6.31. The van der Waals surface area contributed by atoms with Gasteiger partial charge in [-0.25, -0.2) is 0 Å². The van der Waals surface area contributed by atoms with E-state index in [1.165, 1.54) is 0 Å². The SMILES string of the molecule is COc1ccc(C[NH2+]N)c(OC)c1. The normalized spacial score (nSPS) is 9.77. The molecule has 0 aliphatic heterocycles. The molecule has 0 bridgehead atoms. The van der Waals surface area contributed by atoms with Gasteiger partial charge in [-0.05, 0) is 12.1 Å². The Bertz CT molecular complexity index is 276. The van der Waals surface area contributed by atoms with Crippen LogP contribution in [0.15, 0.2) is 18.2 Å². The van der Waals surface area contributed by atoms with Gasteiger partial charge in [-0.2, -0.15) is 5.84 Å². The highest BCUT2D eigenvalue weighted by atomic mass is 16.5. The number of quaternary nitrogens is 1. The van der Waals surface area contributed by atoms with E-state index in [2.05, 4.69) is 0 Å². The third-order valence-corrected chi connectivity index (χ3v) is 1.83. The van der Waals surface area contributed by atoms with Crippen LogP contribution in [0.5, 0.6) is 11.5 Å². The summed E-state index contributed by atoms with van der Waals surface area (Å²) in [5.41, 5.74) is 2.66. The van der Waals surface area contributed by atoms with Crippen molar-refractivity contribution in [3.63, 3.8) is 0 Å². The number of rotatable bonds is 4. The minimum atomic E-state index is 0.702. The lowest BCUT2D eigenvalue weighted by atomic mass is 10.2. The highest BCUT2D eigenvalue weighted by molar-refractivity contribution is 5.40. The molecule has 0 aliphatic carbocycles. The second-order valence-electron chi connectivity index (χ2n) is 2.62. The molecule has 0 fully saturated rings. The number of hydrogen-bond acceptors (Lipinski definition) is 3. The van der Waals surface area contributed by atoms with Crippen LogP contribution in [0.4, 0.5) is 0 Å². The molecule has 1 aromatic carbocycles. The summed E-state index contributed by atoms with van der Waals surface area (Å²) in [4.78, 5) is 0. The Morgan fingerprint density at radius 2 is 2.08 bits per heavy atom. The molecule has 0 saturated heterocycles. The van der Waals surface area contributed by atoms with Gasteiger partial charge in [0.15, 0.2) is 0 Å². The highest BCUT2D eigenvalue weighted by Gasteiger charge is 2.04. The summed E-state index contributed by atoms with van der Waals surface area (Å²) in [6, 6.07) is 5.68. The first-order valence-corrected chi connectivity index (χ1v) is 4.06. The molecule has 0 radical (unpaired) electrons. The van der Waals surface area contributed by atoms with Crippen molar-refractivity contribution in [2.75, 3.05) is 14.2 Å². The number of methoxy groups -OCH3 is 2. The average Bonchev–Trinajstić information content (AvgIpc) is 2.19. The molecular weight excluding hydrogens is 168 g/mol. The van der Waals surface area contributed by atoms with Crippen LogP contribution in [-0.2, 0) is 6.54 Å². The molecule has 0 aliphatic rings. The summed E-state index contributed by atoms with van der Waals surface area (Å²) in [6.07, 6.45) is 0. The first-order valence-electron chi connectivity index (χ1n) is 4.06. The quantitative estimate of drug-likeness (QED) is 0.495. The maximum absolute atomic E-state index is 5.34. The largest absolute Gasteiger partial charge is 0.497 e. The van der Waals surface area contributed by atoms with Crippen molar-refractivity contribution in [2.45, 2.75) is 6.54 Å². The maximum Gasteiger partial charge on any atom is 0.131 e. The molecule has 0 atom stereocenters. The van der Waals surface area contributed by atoms with Crippen molar-refractivity contribution >= 4 is 0 Å². The highest BCUT2D eigenvalue weighted by Crippen LogP contribution is 2.23. The number of ether oxygens (including phenoxy) is 2. The number of benzene rings is 1. The topological polar surface area (TPSA) is 61.1 Å². The molecule has 0 unspecified atom stereocenters. The second kappa shape index (κ2) is 4.69. The van der Waals surface area contributed by atoms with Gasteiger partial charge in [0.1, 0.15) is 18.0 Å². The van der Waals surface area contributed by atoms with Gasteiger partial charge in [-0.1, -0.05) is 0 Å². The lowest BCUT2D eigenvalue weighted by molar-refractivity contribution is -0.683. The van der Waals surface area contributed by atoms with E-state index in [-0.39, 0.29) is 0 Å². The molecule has 4 nitrogen and oxygen atoms in total. The van der Waals surface area contributed by atoms with Gasteiger partial charge in [0.05, 0.1) is 19.8 Å². The van der Waals surface area contributed by atoms with Gasteiger partial charge in [-0.15, -0.1) is 0 Å². The molecule has 0 amide bonds. The fourth-order valence-corrected chi connectivity index (χ4v) is 1.15. The van der Waals surface area contributed by atoms with Crippen LogP contribution in [0.2, 0.25) is 0 Å². The van der Waals surface area contributed by atoms with Crippen LogP contribution in [-0.4, -0.2) is 14.2 Å². The van der Waals surface area contributed by atoms with Crippen LogP contribution in [0.25, 0.3) is 0 Å². The lowest BCUT2D eigenvalue weighted by Gasteiger charge is -2.07. The Kier molecular flexibility index (Phi) is 3.54. The zero-order valence-electron chi connectivity index (χ0n) is 7.91. The Balaban J connectivity index is 2.93. The van der Waals surface area contributed by atoms with Crippen molar-refractivity contribution in [3.8, 4) is 11.5 Å². The summed E-state index contributed by atoms with van der Waals surface area (Å²) in [5.74, 6) is 6.94. The monoisotopic (exact) mass is 183 g/mol. The van der Waals surface area contributed by atoms with Crippen molar-refractivity contribution in [2.24, 2.45) is 5.84 Å². The Morgan fingerprint density at radius 1 is 1.31 bits per heavy atom. The van der Waals surface area contributed by atoms with E-state index >= 15 is 0 Å². The zero-order chi connectivity index (χ0) is 9.68. The molecule has 4 N–H and O–H groups in total. The average molecular weight is 183 g/mol. The minimum absolute atomic E-state index is 0.702. The van der Waals surface area contributed by atoms with Crippen LogP contribution >= 0.6 is 0 Å². The molecule has 1 aromatic rings. The molecule has 0 heterocycles. The fraction of sp³-hybridized carbons (Fsp3) is 0.333. The van der Waals surface area contributed by atoms with Gasteiger partial charge in [-0.3, -0.25) is 5.43 Å². The van der Waals surface area contributed by atoms with Crippen LogP contribution < -0.4 is 20.7 Å². The molecule has 0 spiro atoms. The predicted molar refractivity (Wildman–Crippen MR) is 49.4 cm³/mol. The van der Waals surface area contributed by atoms with E-state index in [1.54, 1.807) is 19.6 Å². The second-order valence-corrected chi connectivity index (χ2v) is 2.62. The number of nitrogens with two attached hydrogens (primary N) is 2. The summed E-state index contributed by atoms with van der Waals surface area (Å²) in [5, 5.41) is 0. The first kappa shape index (κ1) is 9.83. The van der Waals surface area contributed by atoms with E-state index in [0.29, 0.717) is 6.54 Å². The Hall–Kier alpha value is -1.26. The summed E-state index contributed by atoms with van der Waals surface area (Å²) in [7, 11) is 3.26. The van der Waals surface area contributed by atoms with Gasteiger partial charge in [0.25, 0.3) is 0 Å². The molecule has 1 rings (SSSR count). The van der Waals surface area contributed by atoms with Crippen LogP contribution in [0.3, 0.4) is 0 Å². The molecular formula is C9H15N2O2+. The third kappa shape index (κ3) is 2.34. The fourth-order valence-electron chi connectivity index (χ4n) is 1.15. The summed E-state index contributed by atoms with van der Waals surface area (Å²) < 4.78 is 10.3. The minimum Gasteiger partial charge on any atom is -0.497 e. The molecule has 0 aromatic heterocycles. The van der Waals surface area contributed by atoms with E-state index in [0.717, 1.165) is 17.1 Å². The zero-order valence-corrected chi connectivity index (χ0v) is 7.91. The van der Waals surface area contributed by atoms with E-state index in [1.807, 2.05) is 18.2 Å². The van der Waals surface area contributed by atoms with E-state index < -0.39 is 0 Å². The van der Waals surface area contributed by atoms with Gasteiger partial charge >= 0.3 is 0 Å². The molecule has 0 saturated carbocycles. The smallest absolute Gasteiger partial charge is 0.131 e. The van der Waals surface area contributed by atoms with Crippen molar-refractivity contribution < 1.29 is 14.9 Å².